The molecule has 8 heteroatoms. The fourth-order valence-electron chi connectivity index (χ4n) is 3.39. The van der Waals surface area contributed by atoms with Crippen molar-refractivity contribution in [3.8, 4) is 11.1 Å². The number of alkyl halides is 2. The largest absolute Gasteiger partial charge is 0.275 e. The maximum absolute atomic E-state index is 13.8. The van der Waals surface area contributed by atoms with Crippen LogP contribution in [0.2, 0.25) is 0 Å². The molecule has 2 aromatic heterocycles. The summed E-state index contributed by atoms with van der Waals surface area (Å²) in [6.07, 6.45) is 0.401. The van der Waals surface area contributed by atoms with E-state index in [4.69, 9.17) is 0 Å². The molecule has 28 heavy (non-hydrogen) atoms. The summed E-state index contributed by atoms with van der Waals surface area (Å²) in [5.74, 6) is 0. The van der Waals surface area contributed by atoms with Crippen molar-refractivity contribution in [1.82, 2.24) is 13.8 Å². The smallest absolute Gasteiger partial charge is 0.268 e. The summed E-state index contributed by atoms with van der Waals surface area (Å²) in [7, 11) is -2.21. The van der Waals surface area contributed by atoms with Crippen molar-refractivity contribution in [2.24, 2.45) is 7.05 Å². The third-order valence-electron chi connectivity index (χ3n) is 4.63. The summed E-state index contributed by atoms with van der Waals surface area (Å²) in [4.78, 5) is 0.102. The molecule has 0 aliphatic rings. The topological polar surface area (TPSA) is 56.9 Å². The third kappa shape index (κ3) is 2.90. The normalized spacial score (nSPS) is 12.2. The van der Waals surface area contributed by atoms with Gasteiger partial charge in [-0.05, 0) is 42.8 Å². The van der Waals surface area contributed by atoms with E-state index in [0.29, 0.717) is 22.2 Å². The van der Waals surface area contributed by atoms with Gasteiger partial charge in [-0.25, -0.2) is 21.2 Å². The molecule has 0 atom stereocenters. The minimum Gasteiger partial charge on any atom is -0.275 e. The summed E-state index contributed by atoms with van der Waals surface area (Å²) < 4.78 is 56.6. The molecule has 0 N–H and O–H groups in total. The Hall–Kier alpha value is -3.00. The van der Waals surface area contributed by atoms with Crippen LogP contribution in [0.1, 0.15) is 17.7 Å². The van der Waals surface area contributed by atoms with Gasteiger partial charge >= 0.3 is 0 Å². The van der Waals surface area contributed by atoms with Crippen LogP contribution in [-0.4, -0.2) is 22.2 Å². The van der Waals surface area contributed by atoms with Gasteiger partial charge in [0.2, 0.25) is 0 Å². The zero-order valence-corrected chi connectivity index (χ0v) is 16.0. The van der Waals surface area contributed by atoms with Gasteiger partial charge in [-0.15, -0.1) is 0 Å². The molecule has 0 unspecified atom stereocenters. The summed E-state index contributed by atoms with van der Waals surface area (Å²) in [6.45, 7) is 1.65. The van der Waals surface area contributed by atoms with Crippen LogP contribution < -0.4 is 0 Å². The lowest BCUT2D eigenvalue weighted by Gasteiger charge is -2.12. The second kappa shape index (κ2) is 6.56. The molecular weight excluding hydrogens is 384 g/mol. The highest BCUT2D eigenvalue weighted by atomic mass is 32.2. The molecule has 144 valence electrons. The van der Waals surface area contributed by atoms with Crippen LogP contribution in [0.3, 0.4) is 0 Å². The van der Waals surface area contributed by atoms with Gasteiger partial charge < -0.3 is 0 Å². The van der Waals surface area contributed by atoms with Crippen molar-refractivity contribution < 1.29 is 17.2 Å². The van der Waals surface area contributed by atoms with Gasteiger partial charge in [0.1, 0.15) is 0 Å². The first-order valence-electron chi connectivity index (χ1n) is 8.53. The molecule has 2 aromatic carbocycles. The molecule has 0 amide bonds. The SMILES string of the molecule is Cc1cc2cc(-c3cnn(C)c3)c(C(F)F)cc2n1S(=O)(=O)c1ccccc1. The van der Waals surface area contributed by atoms with E-state index in [1.807, 2.05) is 0 Å². The van der Waals surface area contributed by atoms with Crippen LogP contribution >= 0.6 is 0 Å². The molecular formula is C20H17F2N3O2S. The maximum Gasteiger partial charge on any atom is 0.268 e. The summed E-state index contributed by atoms with van der Waals surface area (Å²) in [6, 6.07) is 12.5. The Morgan fingerprint density at radius 1 is 1.07 bits per heavy atom. The third-order valence-corrected chi connectivity index (χ3v) is 6.47. The Labute approximate surface area is 160 Å². The van der Waals surface area contributed by atoms with Crippen molar-refractivity contribution in [2.45, 2.75) is 18.2 Å². The summed E-state index contributed by atoms with van der Waals surface area (Å²) in [5.41, 5.74) is 1.33. The molecule has 0 fully saturated rings. The van der Waals surface area contributed by atoms with Crippen LogP contribution in [0, 0.1) is 6.92 Å². The van der Waals surface area contributed by atoms with Crippen LogP contribution in [0.25, 0.3) is 22.0 Å². The van der Waals surface area contributed by atoms with E-state index in [9.17, 15) is 17.2 Å². The lowest BCUT2D eigenvalue weighted by molar-refractivity contribution is 0.152. The quantitative estimate of drug-likeness (QED) is 0.505. The first-order valence-corrected chi connectivity index (χ1v) is 9.97. The molecule has 0 radical (unpaired) electrons. The van der Waals surface area contributed by atoms with Crippen LogP contribution in [0.15, 0.2) is 65.8 Å². The monoisotopic (exact) mass is 401 g/mol. The highest BCUT2D eigenvalue weighted by Gasteiger charge is 2.24. The van der Waals surface area contributed by atoms with E-state index in [-0.39, 0.29) is 16.0 Å². The highest BCUT2D eigenvalue weighted by Crippen LogP contribution is 2.36. The van der Waals surface area contributed by atoms with Gasteiger partial charge in [0.15, 0.2) is 0 Å². The number of aryl methyl sites for hydroxylation is 2. The van der Waals surface area contributed by atoms with Gasteiger partial charge in [-0.2, -0.15) is 5.10 Å². The Bertz CT molecular complexity index is 1280. The van der Waals surface area contributed by atoms with E-state index < -0.39 is 16.4 Å². The van der Waals surface area contributed by atoms with Crippen molar-refractivity contribution in [2.75, 3.05) is 0 Å². The van der Waals surface area contributed by atoms with Gasteiger partial charge in [0.05, 0.1) is 16.6 Å². The van der Waals surface area contributed by atoms with E-state index in [1.165, 1.54) is 29.1 Å². The van der Waals surface area contributed by atoms with Crippen LogP contribution in [0.4, 0.5) is 8.78 Å². The Kier molecular flexibility index (Phi) is 4.30. The second-order valence-corrected chi connectivity index (χ2v) is 8.36. The van der Waals surface area contributed by atoms with Crippen molar-refractivity contribution in [3.05, 3.63) is 72.2 Å². The fourth-order valence-corrected chi connectivity index (χ4v) is 4.95. The van der Waals surface area contributed by atoms with Gasteiger partial charge in [0.25, 0.3) is 16.4 Å². The summed E-state index contributed by atoms with van der Waals surface area (Å²) >= 11 is 0. The number of aromatic nitrogens is 3. The standard InChI is InChI=1S/C20H17F2N3O2S/c1-13-8-14-9-17(15-11-23-24(2)12-15)18(20(21)22)10-19(14)25(13)28(26,27)16-6-4-3-5-7-16/h3-12,20H,1-2H3. The fraction of sp³-hybridized carbons (Fsp3) is 0.150. The maximum atomic E-state index is 13.8. The zero-order valence-electron chi connectivity index (χ0n) is 15.2. The molecule has 0 aliphatic heterocycles. The first kappa shape index (κ1) is 18.4. The van der Waals surface area contributed by atoms with E-state index >= 15 is 0 Å². The van der Waals surface area contributed by atoms with Crippen molar-refractivity contribution in [3.63, 3.8) is 0 Å². The lowest BCUT2D eigenvalue weighted by Crippen LogP contribution is -2.14. The average molecular weight is 401 g/mol. The molecule has 0 bridgehead atoms. The molecule has 5 nitrogen and oxygen atoms in total. The number of fused-ring (bicyclic) bond motifs is 1. The van der Waals surface area contributed by atoms with Gasteiger partial charge in [0, 0.05) is 35.5 Å². The molecule has 0 aliphatic carbocycles. The predicted molar refractivity (Wildman–Crippen MR) is 103 cm³/mol. The average Bonchev–Trinajstić information content (AvgIpc) is 3.23. The van der Waals surface area contributed by atoms with Crippen molar-refractivity contribution >= 4 is 20.9 Å². The lowest BCUT2D eigenvalue weighted by atomic mass is 10.0. The number of rotatable bonds is 4. The number of halogens is 2. The minimum atomic E-state index is -3.91. The predicted octanol–water partition coefficient (Wildman–Crippen LogP) is 4.52. The molecule has 0 saturated carbocycles. The summed E-state index contributed by atoms with van der Waals surface area (Å²) in [5, 5.41) is 4.62. The number of benzene rings is 2. The van der Waals surface area contributed by atoms with E-state index in [0.717, 1.165) is 3.97 Å². The molecule has 4 aromatic rings. The first-order chi connectivity index (χ1) is 13.3. The molecule has 0 saturated heterocycles. The molecule has 2 heterocycles. The zero-order chi connectivity index (χ0) is 20.1. The number of hydrogen-bond donors (Lipinski definition) is 0. The Morgan fingerprint density at radius 2 is 1.79 bits per heavy atom. The van der Waals surface area contributed by atoms with Gasteiger partial charge in [-0.3, -0.25) is 4.68 Å². The Balaban J connectivity index is 2.01. The number of nitrogens with zero attached hydrogens (tertiary/aromatic N) is 3. The number of hydrogen-bond acceptors (Lipinski definition) is 3. The van der Waals surface area contributed by atoms with Gasteiger partial charge in [-0.1, -0.05) is 18.2 Å². The second-order valence-electron chi connectivity index (χ2n) is 6.57. The Morgan fingerprint density at radius 3 is 2.39 bits per heavy atom. The van der Waals surface area contributed by atoms with E-state index in [1.54, 1.807) is 50.5 Å². The van der Waals surface area contributed by atoms with Crippen molar-refractivity contribution in [1.29, 1.82) is 0 Å². The highest BCUT2D eigenvalue weighted by molar-refractivity contribution is 7.90. The van der Waals surface area contributed by atoms with Crippen LogP contribution in [0.5, 0.6) is 0 Å². The van der Waals surface area contributed by atoms with E-state index in [2.05, 4.69) is 5.10 Å². The minimum absolute atomic E-state index is 0.102. The van der Waals surface area contributed by atoms with Crippen LogP contribution in [-0.2, 0) is 17.1 Å². The molecule has 4 rings (SSSR count). The molecule has 0 spiro atoms.